The quantitative estimate of drug-likeness (QED) is 0.336. The van der Waals surface area contributed by atoms with Crippen molar-refractivity contribution in [1.82, 2.24) is 10.2 Å². The Morgan fingerprint density at radius 3 is 2.27 bits per heavy atom. The summed E-state index contributed by atoms with van der Waals surface area (Å²) in [5.74, 6) is -0.753. The molecule has 2 amide bonds. The number of benzene rings is 3. The molecule has 1 aliphatic rings. The highest BCUT2D eigenvalue weighted by Crippen LogP contribution is 2.26. The number of carbonyl (C=O) groups is 2. The highest BCUT2D eigenvalue weighted by Gasteiger charge is 2.33. The summed E-state index contributed by atoms with van der Waals surface area (Å²) in [7, 11) is -4.10. The molecular weight excluding hydrogens is 546 g/mol. The van der Waals surface area contributed by atoms with Gasteiger partial charge >= 0.3 is 0 Å². The molecule has 1 saturated carbocycles. The summed E-state index contributed by atoms with van der Waals surface area (Å²) in [4.78, 5) is 28.8. The number of hydrogen-bond acceptors (Lipinski definition) is 4. The fraction of sp³-hybridized carbons (Fsp3) is 0.355. The van der Waals surface area contributed by atoms with Crippen LogP contribution >= 0.6 is 11.6 Å². The maximum atomic E-state index is 14.0. The smallest absolute Gasteiger partial charge is 0.264 e. The molecule has 1 atom stereocenters. The van der Waals surface area contributed by atoms with E-state index in [9.17, 15) is 18.0 Å². The molecule has 4 rings (SSSR count). The van der Waals surface area contributed by atoms with Crippen molar-refractivity contribution in [2.45, 2.75) is 70.0 Å². The average Bonchev–Trinajstić information content (AvgIpc) is 3.43. The van der Waals surface area contributed by atoms with Gasteiger partial charge in [-0.1, -0.05) is 66.4 Å². The highest BCUT2D eigenvalue weighted by molar-refractivity contribution is 7.92. The molecule has 3 aromatic rings. The number of aryl methyl sites for hydroxylation is 2. The lowest BCUT2D eigenvalue weighted by molar-refractivity contribution is -0.139. The Morgan fingerprint density at radius 1 is 0.950 bits per heavy atom. The zero-order valence-electron chi connectivity index (χ0n) is 23.1. The van der Waals surface area contributed by atoms with E-state index in [1.807, 2.05) is 26.0 Å². The van der Waals surface area contributed by atoms with Gasteiger partial charge in [0.1, 0.15) is 12.6 Å². The molecule has 0 aromatic heterocycles. The fourth-order valence-electron chi connectivity index (χ4n) is 4.96. The Kier molecular flexibility index (Phi) is 9.53. The number of nitrogens with zero attached hydrogens (tertiary/aromatic N) is 2. The molecule has 40 heavy (non-hydrogen) atoms. The Labute approximate surface area is 242 Å². The summed E-state index contributed by atoms with van der Waals surface area (Å²) in [6.07, 6.45) is 3.95. The van der Waals surface area contributed by atoms with Gasteiger partial charge in [0.15, 0.2) is 0 Å². The van der Waals surface area contributed by atoms with Crippen molar-refractivity contribution < 1.29 is 18.0 Å². The number of carbonyl (C=O) groups excluding carboxylic acids is 2. The summed E-state index contributed by atoms with van der Waals surface area (Å²) < 4.78 is 28.9. The minimum absolute atomic E-state index is 0.0841. The third-order valence-corrected chi connectivity index (χ3v) is 9.31. The van der Waals surface area contributed by atoms with Gasteiger partial charge in [-0.2, -0.15) is 0 Å². The number of rotatable bonds is 10. The zero-order valence-corrected chi connectivity index (χ0v) is 24.7. The Morgan fingerprint density at radius 2 is 1.62 bits per heavy atom. The molecule has 0 heterocycles. The second-order valence-electron chi connectivity index (χ2n) is 10.5. The first-order valence-electron chi connectivity index (χ1n) is 13.5. The van der Waals surface area contributed by atoms with E-state index in [2.05, 4.69) is 5.32 Å². The SMILES string of the molecule is Cc1ccc(S(=O)(=O)N(CC(=O)N(Cc2cccc(Cl)c2)C(C)C(=O)NC2CCCC2)c2cccc(C)c2)cc1. The first kappa shape index (κ1) is 29.6. The lowest BCUT2D eigenvalue weighted by atomic mass is 10.1. The van der Waals surface area contributed by atoms with E-state index >= 15 is 0 Å². The molecule has 1 N–H and O–H groups in total. The molecule has 212 valence electrons. The zero-order chi connectivity index (χ0) is 28.9. The summed E-state index contributed by atoms with van der Waals surface area (Å²) in [5, 5.41) is 3.58. The number of sulfonamides is 1. The minimum Gasteiger partial charge on any atom is -0.352 e. The highest BCUT2D eigenvalue weighted by atomic mass is 35.5. The maximum absolute atomic E-state index is 14.0. The van der Waals surface area contributed by atoms with E-state index in [0.29, 0.717) is 10.7 Å². The number of amides is 2. The molecule has 1 aliphatic carbocycles. The average molecular weight is 582 g/mol. The number of halogens is 1. The van der Waals surface area contributed by atoms with E-state index < -0.39 is 28.5 Å². The Balaban J connectivity index is 1.69. The molecule has 0 saturated heterocycles. The van der Waals surface area contributed by atoms with Crippen LogP contribution in [0.15, 0.2) is 77.7 Å². The molecule has 0 aliphatic heterocycles. The lowest BCUT2D eigenvalue weighted by Crippen LogP contribution is -2.52. The van der Waals surface area contributed by atoms with Crippen LogP contribution in [-0.4, -0.2) is 43.8 Å². The summed E-state index contributed by atoms with van der Waals surface area (Å²) in [6.45, 7) is 5.05. The van der Waals surface area contributed by atoms with Crippen molar-refractivity contribution in [3.05, 3.63) is 94.5 Å². The van der Waals surface area contributed by atoms with Crippen molar-refractivity contribution in [1.29, 1.82) is 0 Å². The van der Waals surface area contributed by atoms with Gasteiger partial charge in [0, 0.05) is 17.6 Å². The van der Waals surface area contributed by atoms with E-state index in [-0.39, 0.29) is 23.4 Å². The van der Waals surface area contributed by atoms with E-state index in [1.54, 1.807) is 67.6 Å². The van der Waals surface area contributed by atoms with E-state index in [0.717, 1.165) is 46.7 Å². The van der Waals surface area contributed by atoms with Gasteiger partial charge in [-0.3, -0.25) is 13.9 Å². The van der Waals surface area contributed by atoms with Gasteiger partial charge in [0.2, 0.25) is 11.8 Å². The Hall–Kier alpha value is -3.36. The van der Waals surface area contributed by atoms with E-state index in [1.165, 1.54) is 4.90 Å². The van der Waals surface area contributed by atoms with Crippen LogP contribution in [0.1, 0.15) is 49.3 Å². The standard InChI is InChI=1S/C31H36ClN3O4S/c1-22-14-16-29(17-15-22)40(38,39)35(28-13-6-8-23(2)18-28)21-30(36)34(20-25-9-7-10-26(32)19-25)24(3)31(37)33-27-11-4-5-12-27/h6-10,13-19,24,27H,4-5,11-12,20-21H2,1-3H3,(H,33,37). The normalized spacial score (nSPS) is 14.5. The summed E-state index contributed by atoms with van der Waals surface area (Å²) in [6, 6.07) is 19.9. The van der Waals surface area contributed by atoms with Crippen molar-refractivity contribution in [3.63, 3.8) is 0 Å². The molecule has 3 aromatic carbocycles. The molecule has 1 fully saturated rings. The van der Waals surface area contributed by atoms with Crippen LogP contribution in [0.2, 0.25) is 5.02 Å². The summed E-state index contributed by atoms with van der Waals surface area (Å²) >= 11 is 6.21. The Bertz CT molecular complexity index is 1450. The van der Waals surface area contributed by atoms with Crippen molar-refractivity contribution in [2.24, 2.45) is 0 Å². The molecule has 0 spiro atoms. The third kappa shape index (κ3) is 7.23. The van der Waals surface area contributed by atoms with Crippen LogP contribution in [0, 0.1) is 13.8 Å². The number of hydrogen-bond donors (Lipinski definition) is 1. The van der Waals surface area contributed by atoms with Crippen LogP contribution in [0.4, 0.5) is 5.69 Å². The topological polar surface area (TPSA) is 86.8 Å². The van der Waals surface area contributed by atoms with Crippen molar-refractivity contribution in [3.8, 4) is 0 Å². The number of anilines is 1. The largest absolute Gasteiger partial charge is 0.352 e. The van der Waals surface area contributed by atoms with Crippen LogP contribution in [0.5, 0.6) is 0 Å². The predicted molar refractivity (Wildman–Crippen MR) is 159 cm³/mol. The molecule has 1 unspecified atom stereocenters. The van der Waals surface area contributed by atoms with Crippen molar-refractivity contribution in [2.75, 3.05) is 10.8 Å². The van der Waals surface area contributed by atoms with Crippen molar-refractivity contribution >= 4 is 39.1 Å². The second-order valence-corrected chi connectivity index (χ2v) is 12.8. The molecule has 0 radical (unpaired) electrons. The molecular formula is C31H36ClN3O4S. The van der Waals surface area contributed by atoms with Gasteiger partial charge in [-0.15, -0.1) is 0 Å². The third-order valence-electron chi connectivity index (χ3n) is 7.29. The second kappa shape index (κ2) is 12.9. The van der Waals surface area contributed by atoms with Crippen LogP contribution in [0.25, 0.3) is 0 Å². The monoisotopic (exact) mass is 581 g/mol. The van der Waals surface area contributed by atoms with Crippen LogP contribution in [0.3, 0.4) is 0 Å². The fourth-order valence-corrected chi connectivity index (χ4v) is 6.57. The van der Waals surface area contributed by atoms with Gasteiger partial charge in [-0.25, -0.2) is 8.42 Å². The summed E-state index contributed by atoms with van der Waals surface area (Å²) in [5.41, 5.74) is 2.89. The van der Waals surface area contributed by atoms with Crippen LogP contribution < -0.4 is 9.62 Å². The lowest BCUT2D eigenvalue weighted by Gasteiger charge is -2.32. The first-order chi connectivity index (χ1) is 19.0. The van der Waals surface area contributed by atoms with E-state index in [4.69, 9.17) is 11.6 Å². The maximum Gasteiger partial charge on any atom is 0.264 e. The van der Waals surface area contributed by atoms with Gasteiger partial charge in [0.05, 0.1) is 10.6 Å². The van der Waals surface area contributed by atoms with Gasteiger partial charge in [-0.05, 0) is 81.1 Å². The number of nitrogens with one attached hydrogen (secondary N) is 1. The molecule has 0 bridgehead atoms. The van der Waals surface area contributed by atoms with Gasteiger partial charge in [0.25, 0.3) is 10.0 Å². The first-order valence-corrected chi connectivity index (χ1v) is 15.4. The molecule has 9 heteroatoms. The minimum atomic E-state index is -4.10. The van der Waals surface area contributed by atoms with Gasteiger partial charge < -0.3 is 10.2 Å². The molecule has 7 nitrogen and oxygen atoms in total. The predicted octanol–water partition coefficient (Wildman–Crippen LogP) is 5.63. The van der Waals surface area contributed by atoms with Crippen LogP contribution in [-0.2, 0) is 26.2 Å².